The quantitative estimate of drug-likeness (QED) is 0.463. The number of nitrogens with one attached hydrogen (secondary N) is 1. The summed E-state index contributed by atoms with van der Waals surface area (Å²) in [5.41, 5.74) is 5.30. The monoisotopic (exact) mass is 369 g/mol. The van der Waals surface area contributed by atoms with Crippen LogP contribution in [0.15, 0.2) is 91.3 Å². The number of H-pyrrole nitrogens is 1. The van der Waals surface area contributed by atoms with Gasteiger partial charge in [0, 0.05) is 29.1 Å². The summed E-state index contributed by atoms with van der Waals surface area (Å²) in [4.78, 5) is 14.3. The molecule has 4 aromatic rings. The average molecular weight is 369 g/mol. The van der Waals surface area contributed by atoms with Crippen LogP contribution in [-0.2, 0) is 6.61 Å². The van der Waals surface area contributed by atoms with Gasteiger partial charge in [-0.1, -0.05) is 60.7 Å². The number of para-hydroxylation sites is 1. The standard InChI is InChI=1S/C24H19NO3/c26-24(27)19-12-10-18(11-13-19)21-14-25-15-22(21)20-8-4-5-9-23(20)28-16-17-6-2-1-3-7-17/h1-15,25H,16H2,(H,26,27). The Bertz CT molecular complexity index is 1080. The van der Waals surface area contributed by atoms with E-state index in [9.17, 15) is 4.79 Å². The molecule has 0 spiro atoms. The highest BCUT2D eigenvalue weighted by atomic mass is 16.5. The first-order valence-electron chi connectivity index (χ1n) is 8.99. The third-order valence-electron chi connectivity index (χ3n) is 4.60. The van der Waals surface area contributed by atoms with Gasteiger partial charge in [-0.15, -0.1) is 0 Å². The fourth-order valence-corrected chi connectivity index (χ4v) is 3.17. The van der Waals surface area contributed by atoms with Crippen molar-refractivity contribution in [2.75, 3.05) is 0 Å². The SMILES string of the molecule is O=C(O)c1ccc(-c2c[nH]cc2-c2ccccc2OCc2ccccc2)cc1. The van der Waals surface area contributed by atoms with Crippen LogP contribution < -0.4 is 4.74 Å². The molecule has 0 aliphatic rings. The van der Waals surface area contributed by atoms with Gasteiger partial charge in [0.2, 0.25) is 0 Å². The lowest BCUT2D eigenvalue weighted by Gasteiger charge is -2.12. The maximum Gasteiger partial charge on any atom is 0.335 e. The Morgan fingerprint density at radius 3 is 2.21 bits per heavy atom. The molecule has 0 fully saturated rings. The lowest BCUT2D eigenvalue weighted by Crippen LogP contribution is -1.97. The van der Waals surface area contributed by atoms with E-state index in [1.165, 1.54) is 0 Å². The minimum absolute atomic E-state index is 0.271. The Labute approximate surface area is 163 Å². The van der Waals surface area contributed by atoms with Crippen LogP contribution in [0.3, 0.4) is 0 Å². The van der Waals surface area contributed by atoms with E-state index < -0.39 is 5.97 Å². The number of carboxylic acids is 1. The van der Waals surface area contributed by atoms with Gasteiger partial charge in [-0.05, 0) is 29.3 Å². The number of rotatable bonds is 6. The van der Waals surface area contributed by atoms with E-state index in [1.807, 2.05) is 79.1 Å². The smallest absolute Gasteiger partial charge is 0.335 e. The Hall–Kier alpha value is -3.79. The molecule has 0 saturated carbocycles. The van der Waals surface area contributed by atoms with Gasteiger partial charge in [0.05, 0.1) is 5.56 Å². The van der Waals surface area contributed by atoms with E-state index in [4.69, 9.17) is 9.84 Å². The van der Waals surface area contributed by atoms with Crippen molar-refractivity contribution in [3.05, 3.63) is 102 Å². The summed E-state index contributed by atoms with van der Waals surface area (Å²) in [6.45, 7) is 0.491. The molecule has 0 radical (unpaired) electrons. The van der Waals surface area contributed by atoms with Crippen molar-refractivity contribution in [2.24, 2.45) is 0 Å². The lowest BCUT2D eigenvalue weighted by atomic mass is 9.97. The molecule has 1 aromatic heterocycles. The first kappa shape index (κ1) is 17.6. The first-order chi connectivity index (χ1) is 13.7. The molecule has 0 aliphatic carbocycles. The second-order valence-electron chi connectivity index (χ2n) is 6.44. The van der Waals surface area contributed by atoms with Gasteiger partial charge in [0.25, 0.3) is 0 Å². The molecule has 4 nitrogen and oxygen atoms in total. The molecule has 4 heteroatoms. The van der Waals surface area contributed by atoms with Crippen molar-refractivity contribution < 1.29 is 14.6 Å². The molecule has 4 rings (SSSR count). The normalized spacial score (nSPS) is 10.6. The molecule has 28 heavy (non-hydrogen) atoms. The number of hydrogen-bond donors (Lipinski definition) is 2. The van der Waals surface area contributed by atoms with Gasteiger partial charge in [-0.2, -0.15) is 0 Å². The second-order valence-corrected chi connectivity index (χ2v) is 6.44. The molecular weight excluding hydrogens is 350 g/mol. The van der Waals surface area contributed by atoms with E-state index in [1.54, 1.807) is 12.1 Å². The molecule has 0 atom stereocenters. The topological polar surface area (TPSA) is 62.3 Å². The Morgan fingerprint density at radius 2 is 1.46 bits per heavy atom. The highest BCUT2D eigenvalue weighted by Gasteiger charge is 2.13. The van der Waals surface area contributed by atoms with Crippen LogP contribution in [0.4, 0.5) is 0 Å². The molecule has 2 N–H and O–H groups in total. The van der Waals surface area contributed by atoms with Crippen molar-refractivity contribution in [3.8, 4) is 28.0 Å². The zero-order valence-corrected chi connectivity index (χ0v) is 15.1. The minimum atomic E-state index is -0.930. The number of aromatic nitrogens is 1. The zero-order valence-electron chi connectivity index (χ0n) is 15.1. The van der Waals surface area contributed by atoms with Gasteiger partial charge in [0.15, 0.2) is 0 Å². The average Bonchev–Trinajstić information content (AvgIpc) is 3.23. The number of aromatic amines is 1. The number of carboxylic acid groups (broad SMARTS) is 1. The molecule has 1 heterocycles. The lowest BCUT2D eigenvalue weighted by molar-refractivity contribution is 0.0697. The van der Waals surface area contributed by atoms with Crippen LogP contribution in [0.25, 0.3) is 22.3 Å². The number of ether oxygens (including phenoxy) is 1. The van der Waals surface area contributed by atoms with Crippen molar-refractivity contribution in [1.29, 1.82) is 0 Å². The number of aromatic carboxylic acids is 1. The van der Waals surface area contributed by atoms with Gasteiger partial charge in [0.1, 0.15) is 12.4 Å². The molecule has 0 amide bonds. The van der Waals surface area contributed by atoms with E-state index in [-0.39, 0.29) is 5.56 Å². The molecule has 0 unspecified atom stereocenters. The van der Waals surface area contributed by atoms with Gasteiger partial charge in [-0.25, -0.2) is 4.79 Å². The summed E-state index contributed by atoms with van der Waals surface area (Å²) >= 11 is 0. The number of hydrogen-bond acceptors (Lipinski definition) is 2. The summed E-state index contributed by atoms with van der Waals surface area (Å²) < 4.78 is 6.10. The molecule has 3 aromatic carbocycles. The maximum atomic E-state index is 11.1. The van der Waals surface area contributed by atoms with Crippen molar-refractivity contribution in [3.63, 3.8) is 0 Å². The van der Waals surface area contributed by atoms with Crippen LogP contribution in [0.2, 0.25) is 0 Å². The van der Waals surface area contributed by atoms with Crippen molar-refractivity contribution in [2.45, 2.75) is 6.61 Å². The summed E-state index contributed by atoms with van der Waals surface area (Å²) in [5, 5.41) is 9.11. The Kier molecular flexibility index (Phi) is 4.93. The number of benzene rings is 3. The molecule has 138 valence electrons. The van der Waals surface area contributed by atoms with Gasteiger partial charge in [-0.3, -0.25) is 0 Å². The van der Waals surface area contributed by atoms with Gasteiger partial charge >= 0.3 is 5.97 Å². The minimum Gasteiger partial charge on any atom is -0.488 e. The fourth-order valence-electron chi connectivity index (χ4n) is 3.17. The van der Waals surface area contributed by atoms with Crippen molar-refractivity contribution in [1.82, 2.24) is 4.98 Å². The highest BCUT2D eigenvalue weighted by molar-refractivity contribution is 5.90. The summed E-state index contributed by atoms with van der Waals surface area (Å²) in [5.74, 6) is -0.130. The van der Waals surface area contributed by atoms with Crippen molar-refractivity contribution >= 4 is 5.97 Å². The first-order valence-corrected chi connectivity index (χ1v) is 8.99. The van der Waals surface area contributed by atoms with E-state index in [0.29, 0.717) is 6.61 Å². The van der Waals surface area contributed by atoms with E-state index in [0.717, 1.165) is 33.6 Å². The molecule has 0 bridgehead atoms. The largest absolute Gasteiger partial charge is 0.488 e. The molecule has 0 aliphatic heterocycles. The van der Waals surface area contributed by atoms with Crippen LogP contribution >= 0.6 is 0 Å². The van der Waals surface area contributed by atoms with Crippen LogP contribution in [0.5, 0.6) is 5.75 Å². The van der Waals surface area contributed by atoms with E-state index in [2.05, 4.69) is 4.98 Å². The maximum absolute atomic E-state index is 11.1. The third-order valence-corrected chi connectivity index (χ3v) is 4.60. The van der Waals surface area contributed by atoms with Crippen LogP contribution in [-0.4, -0.2) is 16.1 Å². The Balaban J connectivity index is 1.65. The zero-order chi connectivity index (χ0) is 19.3. The molecule has 0 saturated heterocycles. The summed E-state index contributed by atoms with van der Waals surface area (Å²) in [6, 6.07) is 24.9. The predicted molar refractivity (Wildman–Crippen MR) is 109 cm³/mol. The third kappa shape index (κ3) is 3.67. The van der Waals surface area contributed by atoms with Gasteiger partial charge < -0.3 is 14.8 Å². The second kappa shape index (κ2) is 7.84. The molecular formula is C24H19NO3. The van der Waals surface area contributed by atoms with Crippen LogP contribution in [0, 0.1) is 0 Å². The summed E-state index contributed by atoms with van der Waals surface area (Å²) in [6.07, 6.45) is 3.85. The summed E-state index contributed by atoms with van der Waals surface area (Å²) in [7, 11) is 0. The number of carbonyl (C=O) groups is 1. The van der Waals surface area contributed by atoms with E-state index >= 15 is 0 Å². The predicted octanol–water partition coefficient (Wildman–Crippen LogP) is 5.63. The fraction of sp³-hybridized carbons (Fsp3) is 0.0417. The Morgan fingerprint density at radius 1 is 0.786 bits per heavy atom. The highest BCUT2D eigenvalue weighted by Crippen LogP contribution is 2.37. The van der Waals surface area contributed by atoms with Crippen LogP contribution in [0.1, 0.15) is 15.9 Å².